The first-order valence-electron chi connectivity index (χ1n) is 16.7. The fourth-order valence-corrected chi connectivity index (χ4v) is 8.63. The number of rotatable bonds is 3. The van der Waals surface area contributed by atoms with Gasteiger partial charge < -0.3 is 4.42 Å². The highest BCUT2D eigenvalue weighted by atomic mass is 32.1. The largest absolute Gasteiger partial charge is 0.455 e. The fourth-order valence-electron chi connectivity index (χ4n) is 7.54. The summed E-state index contributed by atoms with van der Waals surface area (Å²) in [6, 6.07) is 53.2. The van der Waals surface area contributed by atoms with Crippen LogP contribution in [0.2, 0.25) is 0 Å². The van der Waals surface area contributed by atoms with Gasteiger partial charge in [0.05, 0.1) is 0 Å². The number of benzene rings is 8. The second-order valence-corrected chi connectivity index (χ2v) is 13.8. The van der Waals surface area contributed by atoms with Crippen LogP contribution in [-0.2, 0) is 0 Å². The maximum absolute atomic E-state index is 6.99. The van der Waals surface area contributed by atoms with Gasteiger partial charge in [0.25, 0.3) is 0 Å². The van der Waals surface area contributed by atoms with E-state index in [9.17, 15) is 0 Å². The third-order valence-corrected chi connectivity index (χ3v) is 11.0. The van der Waals surface area contributed by atoms with E-state index in [0.29, 0.717) is 17.5 Å². The van der Waals surface area contributed by atoms with Crippen molar-refractivity contribution in [2.45, 2.75) is 0 Å². The lowest BCUT2D eigenvalue weighted by Crippen LogP contribution is -2.00. The minimum absolute atomic E-state index is 0.611. The lowest BCUT2D eigenvalue weighted by atomic mass is 9.95. The van der Waals surface area contributed by atoms with E-state index in [2.05, 4.69) is 133 Å². The second-order valence-electron chi connectivity index (χ2n) is 12.8. The zero-order valence-electron chi connectivity index (χ0n) is 26.6. The molecule has 0 aliphatic heterocycles. The molecule has 0 spiro atoms. The highest BCUT2D eigenvalue weighted by Crippen LogP contribution is 2.45. The monoisotopic (exact) mass is 655 g/mol. The molecule has 0 atom stereocenters. The van der Waals surface area contributed by atoms with Crippen molar-refractivity contribution in [3.8, 4) is 34.2 Å². The third-order valence-electron chi connectivity index (χ3n) is 9.88. The summed E-state index contributed by atoms with van der Waals surface area (Å²) in [5.74, 6) is 1.88. The molecule has 0 radical (unpaired) electrons. The van der Waals surface area contributed by atoms with Gasteiger partial charge in [-0.1, -0.05) is 115 Å². The molecule has 3 heterocycles. The summed E-state index contributed by atoms with van der Waals surface area (Å²) in [4.78, 5) is 15.6. The molecule has 11 aromatic rings. The van der Waals surface area contributed by atoms with Crippen molar-refractivity contribution >= 4 is 85.8 Å². The van der Waals surface area contributed by atoms with Gasteiger partial charge in [0.15, 0.2) is 17.5 Å². The van der Waals surface area contributed by atoms with Crippen molar-refractivity contribution in [2.75, 3.05) is 0 Å². The number of hydrogen-bond acceptors (Lipinski definition) is 5. The van der Waals surface area contributed by atoms with Crippen LogP contribution in [0.25, 0.3) is 109 Å². The third kappa shape index (κ3) is 4.08. The van der Waals surface area contributed by atoms with Crippen molar-refractivity contribution in [3.63, 3.8) is 0 Å². The van der Waals surface area contributed by atoms with E-state index in [1.165, 1.54) is 25.6 Å². The molecule has 0 amide bonds. The Morgan fingerprint density at radius 3 is 1.88 bits per heavy atom. The Kier molecular flexibility index (Phi) is 5.80. The van der Waals surface area contributed by atoms with E-state index in [-0.39, 0.29) is 0 Å². The fraction of sp³-hybridized carbons (Fsp3) is 0. The molecule has 0 saturated heterocycles. The zero-order chi connectivity index (χ0) is 32.8. The van der Waals surface area contributed by atoms with Crippen LogP contribution in [0.3, 0.4) is 0 Å². The smallest absolute Gasteiger partial charge is 0.164 e. The van der Waals surface area contributed by atoms with Crippen LogP contribution in [0.1, 0.15) is 0 Å². The quantitative estimate of drug-likeness (QED) is 0.178. The van der Waals surface area contributed by atoms with Crippen molar-refractivity contribution in [1.29, 1.82) is 0 Å². The van der Waals surface area contributed by atoms with Gasteiger partial charge in [0.2, 0.25) is 0 Å². The van der Waals surface area contributed by atoms with Gasteiger partial charge in [-0.3, -0.25) is 0 Å². The molecule has 50 heavy (non-hydrogen) atoms. The molecule has 8 aromatic carbocycles. The molecule has 0 aliphatic carbocycles. The molecule has 0 fully saturated rings. The van der Waals surface area contributed by atoms with Crippen LogP contribution < -0.4 is 0 Å². The number of nitrogens with zero attached hydrogens (tertiary/aromatic N) is 3. The Bertz CT molecular complexity index is 3160. The van der Waals surface area contributed by atoms with E-state index >= 15 is 0 Å². The molecule has 0 aliphatic rings. The number of fused-ring (bicyclic) bond motifs is 12. The zero-order valence-corrected chi connectivity index (χ0v) is 27.4. The Hall–Kier alpha value is -6.43. The highest BCUT2D eigenvalue weighted by molar-refractivity contribution is 7.25. The summed E-state index contributed by atoms with van der Waals surface area (Å²) < 4.78 is 9.50. The van der Waals surface area contributed by atoms with Crippen LogP contribution in [0.4, 0.5) is 0 Å². The van der Waals surface area contributed by atoms with Crippen LogP contribution >= 0.6 is 11.3 Å². The van der Waals surface area contributed by atoms with Crippen LogP contribution in [0.15, 0.2) is 156 Å². The number of hydrogen-bond donors (Lipinski definition) is 0. The minimum atomic E-state index is 0.611. The molecule has 0 N–H and O–H groups in total. The molecular formula is C45H25N3OS. The van der Waals surface area contributed by atoms with E-state index in [0.717, 1.165) is 65.6 Å². The summed E-state index contributed by atoms with van der Waals surface area (Å²) >= 11 is 1.81. The lowest BCUT2D eigenvalue weighted by molar-refractivity contribution is 0.677. The summed E-state index contributed by atoms with van der Waals surface area (Å²) in [5, 5.41) is 11.2. The normalized spacial score (nSPS) is 12.0. The first-order chi connectivity index (χ1) is 24.8. The number of furan rings is 1. The van der Waals surface area contributed by atoms with Crippen molar-refractivity contribution in [3.05, 3.63) is 152 Å². The van der Waals surface area contributed by atoms with Gasteiger partial charge in [-0.2, -0.15) is 0 Å². The highest BCUT2D eigenvalue weighted by Gasteiger charge is 2.22. The van der Waals surface area contributed by atoms with Gasteiger partial charge in [0.1, 0.15) is 11.2 Å². The topological polar surface area (TPSA) is 51.8 Å². The van der Waals surface area contributed by atoms with Crippen molar-refractivity contribution in [1.82, 2.24) is 15.0 Å². The van der Waals surface area contributed by atoms with Gasteiger partial charge in [-0.05, 0) is 57.9 Å². The van der Waals surface area contributed by atoms with Crippen molar-refractivity contribution in [2.24, 2.45) is 0 Å². The average Bonchev–Trinajstić information content (AvgIpc) is 3.76. The Balaban J connectivity index is 1.26. The molecule has 11 rings (SSSR count). The predicted octanol–water partition coefficient (Wildman–Crippen LogP) is 12.6. The Labute approximate surface area is 289 Å². The minimum Gasteiger partial charge on any atom is -0.455 e. The summed E-state index contributed by atoms with van der Waals surface area (Å²) in [6.07, 6.45) is 0. The first-order valence-corrected chi connectivity index (χ1v) is 17.5. The Morgan fingerprint density at radius 1 is 0.380 bits per heavy atom. The predicted molar refractivity (Wildman–Crippen MR) is 209 cm³/mol. The van der Waals surface area contributed by atoms with Gasteiger partial charge in [-0.25, -0.2) is 15.0 Å². The SMILES string of the molecule is c1ccc(-c2nc(-c3ccc4sc5ccccc5c4c3)nc(-c3cc4ccc5ccccc5c4c4oc5c6ccccc6ccc5c34)n2)cc1. The van der Waals surface area contributed by atoms with Crippen molar-refractivity contribution < 1.29 is 4.42 Å². The number of aromatic nitrogens is 3. The van der Waals surface area contributed by atoms with E-state index in [4.69, 9.17) is 19.4 Å². The van der Waals surface area contributed by atoms with Gasteiger partial charge >= 0.3 is 0 Å². The van der Waals surface area contributed by atoms with E-state index in [1.807, 2.05) is 29.5 Å². The molecule has 0 saturated carbocycles. The first kappa shape index (κ1) is 27.5. The maximum atomic E-state index is 6.99. The van der Waals surface area contributed by atoms with Gasteiger partial charge in [0, 0.05) is 58.4 Å². The standard InChI is InChI=1S/C45H25N3OS/c1-2-12-28(13-3-1)43-46-44(30-21-23-38-35(25-30)33-16-8-9-17-37(33)50-38)48-45(47-43)36-24-29-19-18-26-10-4-6-14-31(26)39(29)42-40(36)34-22-20-27-11-5-7-15-32(27)41(34)49-42/h1-25H. The molecule has 5 heteroatoms. The Morgan fingerprint density at radius 2 is 1.02 bits per heavy atom. The second kappa shape index (κ2) is 10.5. The maximum Gasteiger partial charge on any atom is 0.164 e. The lowest BCUT2D eigenvalue weighted by Gasteiger charge is -2.12. The summed E-state index contributed by atoms with van der Waals surface area (Å²) in [6.45, 7) is 0. The molecular weight excluding hydrogens is 631 g/mol. The summed E-state index contributed by atoms with van der Waals surface area (Å²) in [7, 11) is 0. The molecule has 0 unspecified atom stereocenters. The molecule has 232 valence electrons. The van der Waals surface area contributed by atoms with Gasteiger partial charge in [-0.15, -0.1) is 11.3 Å². The van der Waals surface area contributed by atoms with E-state index in [1.54, 1.807) is 0 Å². The van der Waals surface area contributed by atoms with Crippen LogP contribution in [0.5, 0.6) is 0 Å². The molecule has 4 nitrogen and oxygen atoms in total. The summed E-state index contributed by atoms with van der Waals surface area (Å²) in [5.41, 5.74) is 4.51. The van der Waals surface area contributed by atoms with Crippen LogP contribution in [-0.4, -0.2) is 15.0 Å². The molecule has 0 bridgehead atoms. The van der Waals surface area contributed by atoms with E-state index < -0.39 is 0 Å². The average molecular weight is 656 g/mol. The molecule has 3 aromatic heterocycles. The van der Waals surface area contributed by atoms with Crippen LogP contribution in [0, 0.1) is 0 Å². The number of thiophene rings is 1.